The molecule has 0 saturated carbocycles. The average Bonchev–Trinajstić information content (AvgIpc) is 2.89. The molecule has 2 amide bonds. The third-order valence-corrected chi connectivity index (χ3v) is 7.76. The first-order valence-corrected chi connectivity index (χ1v) is 15.1. The van der Waals surface area contributed by atoms with Gasteiger partial charge in [-0.15, -0.1) is 0 Å². The number of nitrogens with zero attached hydrogens (tertiary/aromatic N) is 2. The van der Waals surface area contributed by atoms with Crippen molar-refractivity contribution in [1.82, 2.24) is 10.2 Å². The van der Waals surface area contributed by atoms with Crippen molar-refractivity contribution in [2.24, 2.45) is 0 Å². The van der Waals surface area contributed by atoms with E-state index in [2.05, 4.69) is 5.32 Å². The Hall–Kier alpha value is -3.36. The Balaban J connectivity index is 2.05. The number of rotatable bonds is 12. The molecule has 0 unspecified atom stereocenters. The molecule has 0 spiro atoms. The molecule has 7 nitrogen and oxygen atoms in total. The van der Waals surface area contributed by atoms with Crippen molar-refractivity contribution in [3.8, 4) is 0 Å². The lowest BCUT2D eigenvalue weighted by atomic mass is 10.0. The molecule has 0 aliphatic heterocycles. The van der Waals surface area contributed by atoms with Crippen LogP contribution in [0.2, 0.25) is 5.02 Å². The van der Waals surface area contributed by atoms with E-state index in [1.165, 1.54) is 4.90 Å². The molecule has 0 aliphatic carbocycles. The fourth-order valence-electron chi connectivity index (χ4n) is 4.30. The van der Waals surface area contributed by atoms with Crippen molar-refractivity contribution in [1.29, 1.82) is 0 Å². The van der Waals surface area contributed by atoms with Gasteiger partial charge in [-0.05, 0) is 55.2 Å². The van der Waals surface area contributed by atoms with Crippen LogP contribution < -0.4 is 9.62 Å². The molecule has 0 saturated heterocycles. The third kappa shape index (κ3) is 8.57. The highest BCUT2D eigenvalue weighted by atomic mass is 35.5. The molecule has 39 heavy (non-hydrogen) atoms. The van der Waals surface area contributed by atoms with Gasteiger partial charge in [0.05, 0.1) is 11.9 Å². The lowest BCUT2D eigenvalue weighted by molar-refractivity contribution is -0.140. The van der Waals surface area contributed by atoms with Crippen molar-refractivity contribution in [2.45, 2.75) is 46.2 Å². The van der Waals surface area contributed by atoms with Crippen LogP contribution in [0.15, 0.2) is 72.8 Å². The molecule has 3 aromatic carbocycles. The minimum absolute atomic E-state index is 0.146. The molecule has 0 heterocycles. The Labute approximate surface area is 236 Å². The molecule has 9 heteroatoms. The van der Waals surface area contributed by atoms with Gasteiger partial charge in [0.1, 0.15) is 12.6 Å². The van der Waals surface area contributed by atoms with Crippen LogP contribution in [-0.4, -0.2) is 50.5 Å². The normalized spacial score (nSPS) is 12.0. The molecule has 0 radical (unpaired) electrons. The minimum Gasteiger partial charge on any atom is -0.354 e. The van der Waals surface area contributed by atoms with Crippen LogP contribution >= 0.6 is 11.6 Å². The van der Waals surface area contributed by atoms with Gasteiger partial charge in [-0.2, -0.15) is 0 Å². The van der Waals surface area contributed by atoms with Crippen LogP contribution in [0.5, 0.6) is 0 Å². The highest BCUT2D eigenvalue weighted by Gasteiger charge is 2.33. The van der Waals surface area contributed by atoms with Gasteiger partial charge in [-0.3, -0.25) is 13.9 Å². The maximum Gasteiger partial charge on any atom is 0.244 e. The van der Waals surface area contributed by atoms with Crippen LogP contribution in [0.4, 0.5) is 5.69 Å². The van der Waals surface area contributed by atoms with E-state index in [0.717, 1.165) is 33.7 Å². The number of nitrogens with one attached hydrogen (secondary N) is 1. The number of sulfonamides is 1. The molecular weight excluding hydrogens is 534 g/mol. The molecule has 208 valence electrons. The number of carbonyl (C=O) groups excluding carboxylic acids is 2. The van der Waals surface area contributed by atoms with Crippen molar-refractivity contribution in [3.05, 3.63) is 100 Å². The molecule has 0 aliphatic rings. The summed E-state index contributed by atoms with van der Waals surface area (Å²) in [7, 11) is -3.84. The summed E-state index contributed by atoms with van der Waals surface area (Å²) in [5.74, 6) is -0.766. The Morgan fingerprint density at radius 3 is 2.21 bits per heavy atom. The van der Waals surface area contributed by atoms with Crippen molar-refractivity contribution in [2.75, 3.05) is 23.7 Å². The van der Waals surface area contributed by atoms with Crippen LogP contribution in [0.25, 0.3) is 0 Å². The molecule has 3 rings (SSSR count). The van der Waals surface area contributed by atoms with E-state index in [1.54, 1.807) is 25.1 Å². The van der Waals surface area contributed by atoms with E-state index >= 15 is 0 Å². The molecule has 1 atom stereocenters. The average molecular weight is 570 g/mol. The molecule has 0 bridgehead atoms. The summed E-state index contributed by atoms with van der Waals surface area (Å²) in [6, 6.07) is 21.2. The summed E-state index contributed by atoms with van der Waals surface area (Å²) >= 11 is 6.10. The fourth-order valence-corrected chi connectivity index (χ4v) is 5.44. The Morgan fingerprint density at radius 2 is 1.62 bits per heavy atom. The number of hydrogen-bond acceptors (Lipinski definition) is 4. The van der Waals surface area contributed by atoms with E-state index in [0.29, 0.717) is 22.8 Å². The fraction of sp³-hybridized carbons (Fsp3) is 0.333. The SMILES string of the molecule is CCCNC(=O)[C@H](Cc1ccccc1)N(Cc1ccc(C)cc1)C(=O)CN(c1ccc(Cl)cc1C)S(C)(=O)=O. The number of hydrogen-bond donors (Lipinski definition) is 1. The minimum atomic E-state index is -3.84. The van der Waals surface area contributed by atoms with Crippen LogP contribution in [0.1, 0.15) is 35.6 Å². The summed E-state index contributed by atoms with van der Waals surface area (Å²) in [6.45, 7) is 5.83. The van der Waals surface area contributed by atoms with Gasteiger partial charge < -0.3 is 10.2 Å². The number of benzene rings is 3. The van der Waals surface area contributed by atoms with Gasteiger partial charge in [0.15, 0.2) is 0 Å². The van der Waals surface area contributed by atoms with Crippen LogP contribution in [-0.2, 0) is 32.6 Å². The molecule has 0 fully saturated rings. The highest BCUT2D eigenvalue weighted by molar-refractivity contribution is 7.92. The van der Waals surface area contributed by atoms with E-state index < -0.39 is 28.5 Å². The third-order valence-electron chi connectivity index (χ3n) is 6.40. The first-order valence-electron chi connectivity index (χ1n) is 12.9. The summed E-state index contributed by atoms with van der Waals surface area (Å²) in [5.41, 5.74) is 3.78. The molecule has 3 aromatic rings. The van der Waals surface area contributed by atoms with Gasteiger partial charge in [-0.25, -0.2) is 8.42 Å². The lowest BCUT2D eigenvalue weighted by Gasteiger charge is -2.33. The quantitative estimate of drug-likeness (QED) is 0.336. The molecule has 1 N–H and O–H groups in total. The zero-order chi connectivity index (χ0) is 28.6. The zero-order valence-electron chi connectivity index (χ0n) is 22.9. The van der Waals surface area contributed by atoms with Crippen molar-refractivity contribution in [3.63, 3.8) is 0 Å². The van der Waals surface area contributed by atoms with Crippen molar-refractivity contribution < 1.29 is 18.0 Å². The topological polar surface area (TPSA) is 86.8 Å². The van der Waals surface area contributed by atoms with Gasteiger partial charge >= 0.3 is 0 Å². The summed E-state index contributed by atoms with van der Waals surface area (Å²) in [4.78, 5) is 29.0. The maximum atomic E-state index is 14.0. The van der Waals surface area contributed by atoms with Crippen LogP contribution in [0.3, 0.4) is 0 Å². The number of anilines is 1. The highest BCUT2D eigenvalue weighted by Crippen LogP contribution is 2.26. The molecular formula is C30H36ClN3O4S. The number of halogens is 1. The molecule has 0 aromatic heterocycles. The maximum absolute atomic E-state index is 14.0. The predicted octanol–water partition coefficient (Wildman–Crippen LogP) is 4.89. The van der Waals surface area contributed by atoms with Crippen molar-refractivity contribution >= 4 is 39.1 Å². The van der Waals surface area contributed by atoms with Gasteiger partial charge in [-0.1, -0.05) is 78.7 Å². The number of amides is 2. The summed E-state index contributed by atoms with van der Waals surface area (Å²) in [5, 5.41) is 3.40. The van der Waals surface area contributed by atoms with Crippen LogP contribution in [0, 0.1) is 13.8 Å². The summed E-state index contributed by atoms with van der Waals surface area (Å²) in [6.07, 6.45) is 2.09. The lowest BCUT2D eigenvalue weighted by Crippen LogP contribution is -2.53. The Morgan fingerprint density at radius 1 is 0.949 bits per heavy atom. The van der Waals surface area contributed by atoms with Gasteiger partial charge in [0.2, 0.25) is 21.8 Å². The monoisotopic (exact) mass is 569 g/mol. The van der Waals surface area contributed by atoms with Gasteiger partial charge in [0.25, 0.3) is 0 Å². The smallest absolute Gasteiger partial charge is 0.244 e. The van der Waals surface area contributed by atoms with E-state index in [1.807, 2.05) is 68.4 Å². The second-order valence-corrected chi connectivity index (χ2v) is 12.0. The van der Waals surface area contributed by atoms with E-state index in [9.17, 15) is 18.0 Å². The Bertz CT molecular complexity index is 1380. The first kappa shape index (κ1) is 30.2. The summed E-state index contributed by atoms with van der Waals surface area (Å²) < 4.78 is 26.9. The largest absolute Gasteiger partial charge is 0.354 e. The predicted molar refractivity (Wildman–Crippen MR) is 157 cm³/mol. The Kier molecular flexibility index (Phi) is 10.5. The van der Waals surface area contributed by atoms with E-state index in [-0.39, 0.29) is 18.9 Å². The van der Waals surface area contributed by atoms with E-state index in [4.69, 9.17) is 11.6 Å². The standard InChI is InChI=1S/C30H36ClN3O4S/c1-5-17-32-30(36)28(19-24-9-7-6-8-10-24)33(20-25-13-11-22(2)12-14-25)29(35)21-34(39(4,37)38)27-16-15-26(31)18-23(27)3/h6-16,18,28H,5,17,19-21H2,1-4H3,(H,32,36)/t28-/m0/s1. The number of carbonyl (C=O) groups is 2. The number of aryl methyl sites for hydroxylation is 2. The zero-order valence-corrected chi connectivity index (χ0v) is 24.4. The van der Waals surface area contributed by atoms with Gasteiger partial charge in [0, 0.05) is 24.5 Å². The second kappa shape index (κ2) is 13.6. The second-order valence-electron chi connectivity index (χ2n) is 9.70. The first-order chi connectivity index (χ1) is 18.5.